The maximum atomic E-state index is 13.0. The van der Waals surface area contributed by atoms with Gasteiger partial charge in [0.15, 0.2) is 0 Å². The highest BCUT2D eigenvalue weighted by Gasteiger charge is 2.48. The topological polar surface area (TPSA) is 66.9 Å². The molecule has 0 radical (unpaired) electrons. The molecule has 7 heteroatoms. The van der Waals surface area contributed by atoms with E-state index in [2.05, 4.69) is 0 Å². The summed E-state index contributed by atoms with van der Waals surface area (Å²) in [5.74, 6) is -0.0689. The van der Waals surface area contributed by atoms with Gasteiger partial charge < -0.3 is 9.64 Å². The first-order valence-corrected chi connectivity index (χ1v) is 10.4. The van der Waals surface area contributed by atoms with Crippen LogP contribution in [0, 0.1) is 12.8 Å². The number of rotatable bonds is 3. The fraction of sp³-hybridized carbons (Fsp3) is 0.611. The Labute approximate surface area is 148 Å². The lowest BCUT2D eigenvalue weighted by molar-refractivity contribution is -0.136. The summed E-state index contributed by atoms with van der Waals surface area (Å²) in [4.78, 5) is 15.0. The van der Waals surface area contributed by atoms with Gasteiger partial charge in [-0.05, 0) is 43.9 Å². The van der Waals surface area contributed by atoms with Gasteiger partial charge in [0, 0.05) is 26.2 Å². The second-order valence-corrected chi connectivity index (χ2v) is 9.25. The standard InChI is InChI=1S/C18H24N2O4S/c1-13-5-4-6-15(9-13)25(22,23)20-11-14-10-16(17(12-20)24-14)18(21)19-7-2-3-8-19/h4-6,9,14,16-17H,2-3,7-8,10-12H2,1H3/t14-,16+,17-/m0/s1. The second-order valence-electron chi connectivity index (χ2n) is 7.31. The molecule has 1 amide bonds. The van der Waals surface area contributed by atoms with Crippen molar-refractivity contribution in [2.75, 3.05) is 26.2 Å². The van der Waals surface area contributed by atoms with Crippen molar-refractivity contribution in [3.8, 4) is 0 Å². The predicted octanol–water partition coefficient (Wildman–Crippen LogP) is 1.40. The van der Waals surface area contributed by atoms with Crippen molar-refractivity contribution in [1.82, 2.24) is 9.21 Å². The van der Waals surface area contributed by atoms with Crippen LogP contribution in [0.25, 0.3) is 0 Å². The van der Waals surface area contributed by atoms with Gasteiger partial charge in [0.2, 0.25) is 15.9 Å². The number of carbonyl (C=O) groups excluding carboxylic acids is 1. The van der Waals surface area contributed by atoms with E-state index in [0.29, 0.717) is 17.9 Å². The number of amides is 1. The maximum Gasteiger partial charge on any atom is 0.243 e. The third-order valence-corrected chi connectivity index (χ3v) is 7.31. The molecule has 3 heterocycles. The lowest BCUT2D eigenvalue weighted by Crippen LogP contribution is -2.48. The Morgan fingerprint density at radius 1 is 1.20 bits per heavy atom. The molecule has 6 nitrogen and oxygen atoms in total. The van der Waals surface area contributed by atoms with Crippen molar-refractivity contribution in [3.63, 3.8) is 0 Å². The van der Waals surface area contributed by atoms with Crippen LogP contribution in [-0.2, 0) is 19.6 Å². The molecule has 4 rings (SSSR count). The van der Waals surface area contributed by atoms with Crippen LogP contribution in [0.15, 0.2) is 29.2 Å². The van der Waals surface area contributed by atoms with E-state index in [9.17, 15) is 13.2 Å². The first kappa shape index (κ1) is 17.0. The molecule has 3 atom stereocenters. The summed E-state index contributed by atoms with van der Waals surface area (Å²) in [6, 6.07) is 6.97. The molecular weight excluding hydrogens is 340 g/mol. The minimum atomic E-state index is -3.55. The molecule has 0 saturated carbocycles. The summed E-state index contributed by atoms with van der Waals surface area (Å²) in [7, 11) is -3.55. The van der Waals surface area contributed by atoms with E-state index in [-0.39, 0.29) is 30.6 Å². The van der Waals surface area contributed by atoms with Crippen molar-refractivity contribution in [1.29, 1.82) is 0 Å². The SMILES string of the molecule is Cc1cccc(S(=O)(=O)N2C[C@@H]3C[C@@H](C(=O)N4CCCC4)[C@H](C2)O3)c1. The zero-order chi connectivity index (χ0) is 17.6. The number of aryl methyl sites for hydroxylation is 1. The molecule has 1 aromatic carbocycles. The number of ether oxygens (including phenoxy) is 1. The summed E-state index contributed by atoms with van der Waals surface area (Å²) in [5, 5.41) is 0. The van der Waals surface area contributed by atoms with Crippen LogP contribution in [-0.4, -0.2) is 61.9 Å². The highest BCUT2D eigenvalue weighted by Crippen LogP contribution is 2.36. The molecular formula is C18H24N2O4S. The fourth-order valence-electron chi connectivity index (χ4n) is 4.18. The molecule has 3 aliphatic heterocycles. The van der Waals surface area contributed by atoms with Gasteiger partial charge in [0.25, 0.3) is 0 Å². The summed E-state index contributed by atoms with van der Waals surface area (Å²) >= 11 is 0. The molecule has 0 aliphatic carbocycles. The monoisotopic (exact) mass is 364 g/mol. The molecule has 2 bridgehead atoms. The Morgan fingerprint density at radius 2 is 1.96 bits per heavy atom. The van der Waals surface area contributed by atoms with Gasteiger partial charge >= 0.3 is 0 Å². The van der Waals surface area contributed by atoms with Gasteiger partial charge in [-0.25, -0.2) is 8.42 Å². The number of sulfonamides is 1. The number of fused-ring (bicyclic) bond motifs is 2. The van der Waals surface area contributed by atoms with E-state index in [4.69, 9.17) is 4.74 Å². The normalized spacial score (nSPS) is 30.0. The van der Waals surface area contributed by atoms with Gasteiger partial charge in [0.1, 0.15) is 0 Å². The van der Waals surface area contributed by atoms with Gasteiger partial charge in [0.05, 0.1) is 23.0 Å². The van der Waals surface area contributed by atoms with Crippen molar-refractivity contribution in [2.24, 2.45) is 5.92 Å². The van der Waals surface area contributed by atoms with Gasteiger partial charge in [-0.15, -0.1) is 0 Å². The Kier molecular flexibility index (Phi) is 4.33. The third-order valence-electron chi connectivity index (χ3n) is 5.49. The number of carbonyl (C=O) groups is 1. The average Bonchev–Trinajstić information content (AvgIpc) is 3.22. The Morgan fingerprint density at radius 3 is 2.68 bits per heavy atom. The predicted molar refractivity (Wildman–Crippen MR) is 92.5 cm³/mol. The van der Waals surface area contributed by atoms with Crippen molar-refractivity contribution >= 4 is 15.9 Å². The number of nitrogens with zero attached hydrogens (tertiary/aromatic N) is 2. The van der Waals surface area contributed by atoms with E-state index in [1.165, 1.54) is 4.31 Å². The zero-order valence-electron chi connectivity index (χ0n) is 14.4. The van der Waals surface area contributed by atoms with E-state index in [1.807, 2.05) is 17.9 Å². The molecule has 3 aliphatic rings. The van der Waals surface area contributed by atoms with Crippen LogP contribution >= 0.6 is 0 Å². The maximum absolute atomic E-state index is 13.0. The number of hydrogen-bond donors (Lipinski definition) is 0. The first-order valence-electron chi connectivity index (χ1n) is 8.96. The number of benzene rings is 1. The van der Waals surface area contributed by atoms with Gasteiger partial charge in [-0.1, -0.05) is 12.1 Å². The van der Waals surface area contributed by atoms with Crippen molar-refractivity contribution < 1.29 is 17.9 Å². The minimum Gasteiger partial charge on any atom is -0.371 e. The second kappa shape index (κ2) is 6.37. The van der Waals surface area contributed by atoms with Gasteiger partial charge in [-0.3, -0.25) is 4.79 Å². The third kappa shape index (κ3) is 3.09. The minimum absolute atomic E-state index is 0.139. The summed E-state index contributed by atoms with van der Waals surface area (Å²) in [6.45, 7) is 4.11. The van der Waals surface area contributed by atoms with Gasteiger partial charge in [-0.2, -0.15) is 4.31 Å². The molecule has 3 saturated heterocycles. The quantitative estimate of drug-likeness (QED) is 0.813. The smallest absolute Gasteiger partial charge is 0.243 e. The lowest BCUT2D eigenvalue weighted by Gasteiger charge is -2.32. The van der Waals surface area contributed by atoms with Crippen molar-refractivity contribution in [3.05, 3.63) is 29.8 Å². The van der Waals surface area contributed by atoms with E-state index < -0.39 is 10.0 Å². The van der Waals surface area contributed by atoms with E-state index in [1.54, 1.807) is 18.2 Å². The fourth-order valence-corrected chi connectivity index (χ4v) is 5.76. The molecule has 0 unspecified atom stereocenters. The van der Waals surface area contributed by atoms with Crippen molar-refractivity contribution in [2.45, 2.75) is 43.3 Å². The molecule has 3 fully saturated rings. The highest BCUT2D eigenvalue weighted by atomic mass is 32.2. The van der Waals surface area contributed by atoms with E-state index in [0.717, 1.165) is 31.5 Å². The number of morpholine rings is 1. The molecule has 0 N–H and O–H groups in total. The molecule has 0 spiro atoms. The Bertz CT molecular complexity index is 773. The number of hydrogen-bond acceptors (Lipinski definition) is 4. The highest BCUT2D eigenvalue weighted by molar-refractivity contribution is 7.89. The zero-order valence-corrected chi connectivity index (χ0v) is 15.2. The molecule has 0 aromatic heterocycles. The summed E-state index contributed by atoms with van der Waals surface area (Å²) in [5.41, 5.74) is 0.916. The average molecular weight is 364 g/mol. The summed E-state index contributed by atoms with van der Waals surface area (Å²) < 4.78 is 33.4. The van der Waals surface area contributed by atoms with Crippen LogP contribution in [0.2, 0.25) is 0 Å². The Hall–Kier alpha value is -1.44. The van der Waals surface area contributed by atoms with E-state index >= 15 is 0 Å². The van der Waals surface area contributed by atoms with Crippen LogP contribution in [0.5, 0.6) is 0 Å². The molecule has 25 heavy (non-hydrogen) atoms. The number of likely N-dealkylation sites (tertiary alicyclic amines) is 1. The first-order chi connectivity index (χ1) is 11.9. The Balaban J connectivity index is 1.53. The van der Waals surface area contributed by atoms with Crippen LogP contribution in [0.1, 0.15) is 24.8 Å². The lowest BCUT2D eigenvalue weighted by atomic mass is 9.99. The molecule has 136 valence electrons. The van der Waals surface area contributed by atoms with Crippen LogP contribution in [0.4, 0.5) is 0 Å². The summed E-state index contributed by atoms with van der Waals surface area (Å²) in [6.07, 6.45) is 2.23. The van der Waals surface area contributed by atoms with Crippen LogP contribution in [0.3, 0.4) is 0 Å². The van der Waals surface area contributed by atoms with Crippen LogP contribution < -0.4 is 0 Å². The molecule has 1 aromatic rings. The largest absolute Gasteiger partial charge is 0.371 e.